The van der Waals surface area contributed by atoms with E-state index in [-0.39, 0.29) is 11.9 Å². The number of aromatic nitrogens is 1. The molecule has 86 valence electrons. The van der Waals surface area contributed by atoms with E-state index in [1.807, 2.05) is 0 Å². The molecule has 2 fully saturated rings. The molecule has 3 atom stereocenters. The molecule has 0 aromatic carbocycles. The van der Waals surface area contributed by atoms with Gasteiger partial charge < -0.3 is 10.6 Å². The standard InChI is InChI=1S/C10H12BrN3OS/c11-8-4-13-10(16-8)9(15)14-7-2-5-1-6(7)12-3-5/h4-7,12H,1-3H2,(H,14,15)/t5-,6+,7-/m1/s1. The number of carbonyl (C=O) groups excluding carboxylic acids is 1. The summed E-state index contributed by atoms with van der Waals surface area (Å²) in [5.74, 6) is 0.702. The van der Waals surface area contributed by atoms with Crippen LogP contribution in [0.15, 0.2) is 9.98 Å². The minimum absolute atomic E-state index is 0.0462. The van der Waals surface area contributed by atoms with Crippen LogP contribution in [0, 0.1) is 5.92 Å². The molecule has 0 spiro atoms. The first kappa shape index (κ1) is 10.7. The molecule has 1 aliphatic carbocycles. The Kier molecular flexibility index (Phi) is 2.73. The molecule has 3 rings (SSSR count). The first-order valence-corrected chi connectivity index (χ1v) is 6.99. The third kappa shape index (κ3) is 1.89. The van der Waals surface area contributed by atoms with Crippen LogP contribution in [0.5, 0.6) is 0 Å². The molecular weight excluding hydrogens is 290 g/mol. The average molecular weight is 302 g/mol. The molecule has 1 aromatic rings. The number of amides is 1. The molecule has 1 amide bonds. The van der Waals surface area contributed by atoms with Crippen LogP contribution in [0.1, 0.15) is 22.6 Å². The van der Waals surface area contributed by atoms with Crippen molar-refractivity contribution in [1.29, 1.82) is 0 Å². The van der Waals surface area contributed by atoms with Crippen molar-refractivity contribution in [3.05, 3.63) is 15.0 Å². The van der Waals surface area contributed by atoms with Crippen molar-refractivity contribution in [2.24, 2.45) is 5.92 Å². The number of piperidine rings is 1. The monoisotopic (exact) mass is 301 g/mol. The van der Waals surface area contributed by atoms with Crippen molar-refractivity contribution in [2.45, 2.75) is 24.9 Å². The molecule has 0 radical (unpaired) electrons. The number of nitrogens with zero attached hydrogens (tertiary/aromatic N) is 1. The maximum absolute atomic E-state index is 11.9. The smallest absolute Gasteiger partial charge is 0.280 e. The van der Waals surface area contributed by atoms with Gasteiger partial charge in [0.1, 0.15) is 0 Å². The summed E-state index contributed by atoms with van der Waals surface area (Å²) in [6.45, 7) is 1.11. The highest BCUT2D eigenvalue weighted by molar-refractivity contribution is 9.11. The maximum atomic E-state index is 11.9. The van der Waals surface area contributed by atoms with Gasteiger partial charge in [-0.15, -0.1) is 11.3 Å². The quantitative estimate of drug-likeness (QED) is 0.868. The molecule has 0 unspecified atom stereocenters. The lowest BCUT2D eigenvalue weighted by Gasteiger charge is -2.23. The van der Waals surface area contributed by atoms with Crippen molar-refractivity contribution < 1.29 is 4.79 Å². The van der Waals surface area contributed by atoms with E-state index in [0.29, 0.717) is 11.0 Å². The lowest BCUT2D eigenvalue weighted by atomic mass is 10.1. The van der Waals surface area contributed by atoms with Crippen molar-refractivity contribution >= 4 is 33.2 Å². The van der Waals surface area contributed by atoms with Gasteiger partial charge in [-0.3, -0.25) is 4.79 Å². The van der Waals surface area contributed by atoms with Gasteiger partial charge in [-0.2, -0.15) is 0 Å². The van der Waals surface area contributed by atoms with Gasteiger partial charge in [-0.1, -0.05) is 0 Å². The van der Waals surface area contributed by atoms with E-state index >= 15 is 0 Å². The van der Waals surface area contributed by atoms with Gasteiger partial charge in [-0.05, 0) is 41.2 Å². The molecule has 2 heterocycles. The second-order valence-electron chi connectivity index (χ2n) is 4.40. The summed E-state index contributed by atoms with van der Waals surface area (Å²) >= 11 is 4.68. The van der Waals surface area contributed by atoms with Gasteiger partial charge in [0, 0.05) is 12.1 Å². The number of carbonyl (C=O) groups is 1. The fourth-order valence-electron chi connectivity index (χ4n) is 2.60. The van der Waals surface area contributed by atoms with Crippen LogP contribution in [-0.4, -0.2) is 29.5 Å². The van der Waals surface area contributed by atoms with Gasteiger partial charge in [-0.25, -0.2) is 4.98 Å². The third-order valence-electron chi connectivity index (χ3n) is 3.32. The summed E-state index contributed by atoms with van der Waals surface area (Å²) in [4.78, 5) is 15.9. The second kappa shape index (κ2) is 4.09. The summed E-state index contributed by atoms with van der Waals surface area (Å²) < 4.78 is 0.892. The summed E-state index contributed by atoms with van der Waals surface area (Å²) in [7, 11) is 0. The topological polar surface area (TPSA) is 54.0 Å². The molecule has 1 saturated carbocycles. The number of hydrogen-bond donors (Lipinski definition) is 2. The second-order valence-corrected chi connectivity index (χ2v) is 6.81. The molecule has 16 heavy (non-hydrogen) atoms. The molecule has 1 saturated heterocycles. The van der Waals surface area contributed by atoms with Gasteiger partial charge in [0.15, 0.2) is 5.01 Å². The largest absolute Gasteiger partial charge is 0.346 e. The lowest BCUT2D eigenvalue weighted by Crippen LogP contribution is -2.47. The number of thiazole rings is 1. The third-order valence-corrected chi connectivity index (χ3v) is 4.79. The maximum Gasteiger partial charge on any atom is 0.280 e. The van der Waals surface area contributed by atoms with Crippen molar-refractivity contribution in [3.8, 4) is 0 Å². The summed E-state index contributed by atoms with van der Waals surface area (Å²) in [6, 6.07) is 0.756. The normalized spacial score (nSPS) is 31.9. The Hall–Kier alpha value is -0.460. The predicted molar refractivity (Wildman–Crippen MR) is 65.6 cm³/mol. The van der Waals surface area contributed by atoms with Crippen LogP contribution in [0.3, 0.4) is 0 Å². The van der Waals surface area contributed by atoms with Crippen LogP contribution in [0.25, 0.3) is 0 Å². The highest BCUT2D eigenvalue weighted by Crippen LogP contribution is 2.31. The Morgan fingerprint density at radius 1 is 1.62 bits per heavy atom. The van der Waals surface area contributed by atoms with E-state index in [2.05, 4.69) is 31.5 Å². The van der Waals surface area contributed by atoms with E-state index < -0.39 is 0 Å². The van der Waals surface area contributed by atoms with Gasteiger partial charge >= 0.3 is 0 Å². The number of rotatable bonds is 2. The Balaban J connectivity index is 1.65. The van der Waals surface area contributed by atoms with Crippen LogP contribution in [0.2, 0.25) is 0 Å². The lowest BCUT2D eigenvalue weighted by molar-refractivity contribution is 0.0928. The summed E-state index contributed by atoms with van der Waals surface area (Å²) in [5.41, 5.74) is 0. The highest BCUT2D eigenvalue weighted by atomic mass is 79.9. The number of halogens is 1. The van der Waals surface area contributed by atoms with E-state index in [1.54, 1.807) is 6.20 Å². The Morgan fingerprint density at radius 2 is 2.50 bits per heavy atom. The fourth-order valence-corrected chi connectivity index (χ4v) is 3.71. The number of hydrogen-bond acceptors (Lipinski definition) is 4. The van der Waals surface area contributed by atoms with Gasteiger partial charge in [0.2, 0.25) is 0 Å². The van der Waals surface area contributed by atoms with E-state index in [9.17, 15) is 4.79 Å². The van der Waals surface area contributed by atoms with Crippen molar-refractivity contribution in [3.63, 3.8) is 0 Å². The fraction of sp³-hybridized carbons (Fsp3) is 0.600. The summed E-state index contributed by atoms with van der Waals surface area (Å²) in [5, 5.41) is 7.03. The molecule has 2 aliphatic rings. The molecule has 6 heteroatoms. The Labute approximate surface area is 106 Å². The number of fused-ring (bicyclic) bond motifs is 2. The van der Waals surface area contributed by atoms with Gasteiger partial charge in [0.25, 0.3) is 5.91 Å². The van der Waals surface area contributed by atoms with Crippen molar-refractivity contribution in [2.75, 3.05) is 6.54 Å². The van der Waals surface area contributed by atoms with Gasteiger partial charge in [0.05, 0.1) is 9.98 Å². The number of nitrogens with one attached hydrogen (secondary N) is 2. The van der Waals surface area contributed by atoms with Crippen LogP contribution in [0.4, 0.5) is 0 Å². The van der Waals surface area contributed by atoms with Crippen LogP contribution >= 0.6 is 27.3 Å². The Morgan fingerprint density at radius 3 is 3.06 bits per heavy atom. The van der Waals surface area contributed by atoms with Crippen LogP contribution < -0.4 is 10.6 Å². The molecule has 4 nitrogen and oxygen atoms in total. The molecule has 2 bridgehead atoms. The first-order chi connectivity index (χ1) is 7.72. The first-order valence-electron chi connectivity index (χ1n) is 5.38. The predicted octanol–water partition coefficient (Wildman–Crippen LogP) is 1.39. The van der Waals surface area contributed by atoms with Crippen molar-refractivity contribution in [1.82, 2.24) is 15.6 Å². The van der Waals surface area contributed by atoms with E-state index in [0.717, 1.165) is 22.7 Å². The highest BCUT2D eigenvalue weighted by Gasteiger charge is 2.40. The zero-order chi connectivity index (χ0) is 11.1. The van der Waals surface area contributed by atoms with E-state index in [4.69, 9.17) is 0 Å². The molecular formula is C10H12BrN3OS. The molecule has 2 N–H and O–H groups in total. The zero-order valence-electron chi connectivity index (χ0n) is 8.57. The molecule has 1 aliphatic heterocycles. The minimum atomic E-state index is -0.0462. The van der Waals surface area contributed by atoms with Crippen LogP contribution in [-0.2, 0) is 0 Å². The Bertz CT molecular complexity index is 422. The SMILES string of the molecule is O=C(N[C@@H]1C[C@@H]2CN[C@H]1C2)c1ncc(Br)s1. The zero-order valence-corrected chi connectivity index (χ0v) is 11.0. The summed E-state index contributed by atoms with van der Waals surface area (Å²) in [6.07, 6.45) is 3.97. The van der Waals surface area contributed by atoms with E-state index in [1.165, 1.54) is 17.8 Å². The average Bonchev–Trinajstić information content (AvgIpc) is 2.92. The minimum Gasteiger partial charge on any atom is -0.346 e. The molecule has 1 aromatic heterocycles.